The summed E-state index contributed by atoms with van der Waals surface area (Å²) in [5.74, 6) is 0.899. The van der Waals surface area contributed by atoms with Gasteiger partial charge in [0.15, 0.2) is 11.5 Å². The minimum absolute atomic E-state index is 0.337. The first kappa shape index (κ1) is 17.1. The van der Waals surface area contributed by atoms with E-state index in [-0.39, 0.29) is 5.97 Å². The van der Waals surface area contributed by atoms with Crippen molar-refractivity contribution in [3.8, 4) is 11.5 Å². The first-order valence-corrected chi connectivity index (χ1v) is 7.28. The fourth-order valence-electron chi connectivity index (χ4n) is 1.95. The SMILES string of the molecule is CCCCCCOC(=O)/C=C/c1cccc(OC)c1OC. The molecule has 1 rings (SSSR count). The van der Waals surface area contributed by atoms with Crippen LogP contribution >= 0.6 is 0 Å². The number of para-hydroxylation sites is 1. The van der Waals surface area contributed by atoms with Crippen LogP contribution in [0.3, 0.4) is 0 Å². The van der Waals surface area contributed by atoms with Gasteiger partial charge in [0.25, 0.3) is 0 Å². The highest BCUT2D eigenvalue weighted by molar-refractivity contribution is 5.87. The minimum atomic E-state index is -0.337. The van der Waals surface area contributed by atoms with Gasteiger partial charge in [-0.1, -0.05) is 38.3 Å². The van der Waals surface area contributed by atoms with Crippen molar-refractivity contribution < 1.29 is 19.0 Å². The lowest BCUT2D eigenvalue weighted by atomic mass is 10.1. The number of carbonyl (C=O) groups is 1. The van der Waals surface area contributed by atoms with E-state index in [9.17, 15) is 4.79 Å². The van der Waals surface area contributed by atoms with Crippen molar-refractivity contribution in [3.05, 3.63) is 29.8 Å². The average Bonchev–Trinajstić information content (AvgIpc) is 2.52. The van der Waals surface area contributed by atoms with Crippen molar-refractivity contribution in [2.45, 2.75) is 32.6 Å². The van der Waals surface area contributed by atoms with Crippen LogP contribution in [0.15, 0.2) is 24.3 Å². The zero-order valence-corrected chi connectivity index (χ0v) is 13.1. The summed E-state index contributed by atoms with van der Waals surface area (Å²) in [4.78, 5) is 11.6. The third-order valence-corrected chi connectivity index (χ3v) is 3.07. The second kappa shape index (κ2) is 9.86. The topological polar surface area (TPSA) is 44.8 Å². The van der Waals surface area contributed by atoms with E-state index in [0.717, 1.165) is 18.4 Å². The van der Waals surface area contributed by atoms with Gasteiger partial charge >= 0.3 is 5.97 Å². The van der Waals surface area contributed by atoms with Gasteiger partial charge in [-0.2, -0.15) is 0 Å². The van der Waals surface area contributed by atoms with Crippen LogP contribution in [0.4, 0.5) is 0 Å². The van der Waals surface area contributed by atoms with Crippen LogP contribution in [-0.2, 0) is 9.53 Å². The summed E-state index contributed by atoms with van der Waals surface area (Å²) in [7, 11) is 3.15. The third-order valence-electron chi connectivity index (χ3n) is 3.07. The summed E-state index contributed by atoms with van der Waals surface area (Å²) < 4.78 is 15.7. The lowest BCUT2D eigenvalue weighted by Crippen LogP contribution is -2.02. The van der Waals surface area contributed by atoms with Gasteiger partial charge in [0.2, 0.25) is 0 Å². The van der Waals surface area contributed by atoms with Gasteiger partial charge in [0, 0.05) is 11.6 Å². The molecule has 1 aromatic rings. The van der Waals surface area contributed by atoms with Gasteiger partial charge in [-0.25, -0.2) is 4.79 Å². The molecule has 0 aliphatic carbocycles. The van der Waals surface area contributed by atoms with Crippen molar-refractivity contribution in [1.82, 2.24) is 0 Å². The molecule has 0 amide bonds. The van der Waals surface area contributed by atoms with Crippen molar-refractivity contribution in [2.24, 2.45) is 0 Å². The Labute approximate surface area is 126 Å². The van der Waals surface area contributed by atoms with E-state index in [1.54, 1.807) is 20.3 Å². The van der Waals surface area contributed by atoms with Crippen LogP contribution < -0.4 is 9.47 Å². The molecule has 0 aromatic heterocycles. The third kappa shape index (κ3) is 5.90. The molecule has 1 aromatic carbocycles. The Kier molecular flexibility index (Phi) is 8.02. The van der Waals surface area contributed by atoms with E-state index < -0.39 is 0 Å². The first-order valence-electron chi connectivity index (χ1n) is 7.28. The van der Waals surface area contributed by atoms with E-state index in [1.807, 2.05) is 18.2 Å². The van der Waals surface area contributed by atoms with Gasteiger partial charge in [-0.05, 0) is 18.6 Å². The lowest BCUT2D eigenvalue weighted by Gasteiger charge is -2.09. The predicted molar refractivity (Wildman–Crippen MR) is 83.7 cm³/mol. The molecule has 0 aliphatic rings. The number of ether oxygens (including phenoxy) is 3. The van der Waals surface area contributed by atoms with E-state index in [4.69, 9.17) is 14.2 Å². The number of rotatable bonds is 9. The zero-order chi connectivity index (χ0) is 15.5. The summed E-state index contributed by atoms with van der Waals surface area (Å²) in [6, 6.07) is 5.51. The van der Waals surface area contributed by atoms with E-state index >= 15 is 0 Å². The Balaban J connectivity index is 2.54. The predicted octanol–water partition coefficient (Wildman–Crippen LogP) is 3.84. The van der Waals surface area contributed by atoms with Gasteiger partial charge in [-0.3, -0.25) is 0 Å². The molecule has 0 radical (unpaired) electrons. The van der Waals surface area contributed by atoms with E-state index in [2.05, 4.69) is 6.92 Å². The summed E-state index contributed by atoms with van der Waals surface area (Å²) in [5, 5.41) is 0. The number of benzene rings is 1. The van der Waals surface area contributed by atoms with Crippen LogP contribution in [-0.4, -0.2) is 26.8 Å². The maximum atomic E-state index is 11.6. The number of esters is 1. The van der Waals surface area contributed by atoms with Gasteiger partial charge in [0.1, 0.15) is 0 Å². The number of hydrogen-bond acceptors (Lipinski definition) is 4. The molecule has 116 valence electrons. The van der Waals surface area contributed by atoms with Crippen molar-refractivity contribution >= 4 is 12.0 Å². The van der Waals surface area contributed by atoms with Gasteiger partial charge < -0.3 is 14.2 Å². The van der Waals surface area contributed by atoms with Gasteiger partial charge in [0.05, 0.1) is 20.8 Å². The molecular weight excluding hydrogens is 268 g/mol. The van der Waals surface area contributed by atoms with Gasteiger partial charge in [-0.15, -0.1) is 0 Å². The molecule has 0 heterocycles. The standard InChI is InChI=1S/C17H24O4/c1-4-5-6-7-13-21-16(18)12-11-14-9-8-10-15(19-2)17(14)20-3/h8-12H,4-7,13H2,1-3H3/b12-11+. The molecule has 0 saturated carbocycles. The van der Waals surface area contributed by atoms with Crippen LogP contribution in [0.1, 0.15) is 38.2 Å². The molecular formula is C17H24O4. The smallest absolute Gasteiger partial charge is 0.330 e. The Bertz CT molecular complexity index is 466. The monoisotopic (exact) mass is 292 g/mol. The van der Waals surface area contributed by atoms with Crippen LogP contribution in [0.5, 0.6) is 11.5 Å². The molecule has 0 unspecified atom stereocenters. The summed E-state index contributed by atoms with van der Waals surface area (Å²) in [5.41, 5.74) is 0.778. The lowest BCUT2D eigenvalue weighted by molar-refractivity contribution is -0.137. The van der Waals surface area contributed by atoms with E-state index in [1.165, 1.54) is 18.9 Å². The quantitative estimate of drug-likeness (QED) is 0.394. The van der Waals surface area contributed by atoms with Crippen molar-refractivity contribution in [1.29, 1.82) is 0 Å². The Morgan fingerprint density at radius 1 is 1.14 bits per heavy atom. The van der Waals surface area contributed by atoms with E-state index in [0.29, 0.717) is 18.1 Å². The number of methoxy groups -OCH3 is 2. The Morgan fingerprint density at radius 3 is 2.62 bits per heavy atom. The van der Waals surface area contributed by atoms with Crippen LogP contribution in [0.2, 0.25) is 0 Å². The minimum Gasteiger partial charge on any atom is -0.493 e. The normalized spacial score (nSPS) is 10.6. The number of hydrogen-bond donors (Lipinski definition) is 0. The van der Waals surface area contributed by atoms with Crippen molar-refractivity contribution in [2.75, 3.05) is 20.8 Å². The molecule has 0 saturated heterocycles. The largest absolute Gasteiger partial charge is 0.493 e. The number of carbonyl (C=O) groups excluding carboxylic acids is 1. The molecule has 4 nitrogen and oxygen atoms in total. The molecule has 0 fully saturated rings. The van der Waals surface area contributed by atoms with Crippen LogP contribution in [0.25, 0.3) is 6.08 Å². The average molecular weight is 292 g/mol. The molecule has 4 heteroatoms. The molecule has 21 heavy (non-hydrogen) atoms. The second-order valence-corrected chi connectivity index (χ2v) is 4.64. The Morgan fingerprint density at radius 2 is 1.95 bits per heavy atom. The summed E-state index contributed by atoms with van der Waals surface area (Å²) in [6.07, 6.45) is 7.44. The first-order chi connectivity index (χ1) is 10.2. The fraction of sp³-hybridized carbons (Fsp3) is 0.471. The Hall–Kier alpha value is -1.97. The summed E-state index contributed by atoms with van der Waals surface area (Å²) in [6.45, 7) is 2.62. The van der Waals surface area contributed by atoms with Crippen LogP contribution in [0, 0.1) is 0 Å². The summed E-state index contributed by atoms with van der Waals surface area (Å²) >= 11 is 0. The highest BCUT2D eigenvalue weighted by Crippen LogP contribution is 2.31. The molecule has 0 aliphatic heterocycles. The molecule has 0 bridgehead atoms. The second-order valence-electron chi connectivity index (χ2n) is 4.64. The number of unbranched alkanes of at least 4 members (excludes halogenated alkanes) is 3. The highest BCUT2D eigenvalue weighted by Gasteiger charge is 2.07. The van der Waals surface area contributed by atoms with Crippen molar-refractivity contribution in [3.63, 3.8) is 0 Å². The molecule has 0 N–H and O–H groups in total. The maximum absolute atomic E-state index is 11.6. The maximum Gasteiger partial charge on any atom is 0.330 e. The highest BCUT2D eigenvalue weighted by atomic mass is 16.5. The fourth-order valence-corrected chi connectivity index (χ4v) is 1.95. The zero-order valence-electron chi connectivity index (χ0n) is 13.1. The molecule has 0 atom stereocenters. The molecule has 0 spiro atoms.